The molecule has 4 heterocycles. The predicted molar refractivity (Wildman–Crippen MR) is 180 cm³/mol. The number of benzene rings is 2. The highest BCUT2D eigenvalue weighted by molar-refractivity contribution is 7.92. The maximum atomic E-state index is 15.1. The molecular formula is C33H41FN8O3S. The van der Waals surface area contributed by atoms with Crippen molar-refractivity contribution in [3.63, 3.8) is 0 Å². The number of piperazine rings is 1. The van der Waals surface area contributed by atoms with Crippen LogP contribution in [-0.2, 0) is 16.4 Å². The summed E-state index contributed by atoms with van der Waals surface area (Å²) < 4.78 is 43.8. The summed E-state index contributed by atoms with van der Waals surface area (Å²) in [5.41, 5.74) is 2.11. The van der Waals surface area contributed by atoms with E-state index >= 15 is 4.39 Å². The fraction of sp³-hybridized carbons (Fsp3) is 0.424. The molecule has 2 fully saturated rings. The molecule has 6 rings (SSSR count). The van der Waals surface area contributed by atoms with Crippen LogP contribution < -0.4 is 21.1 Å². The van der Waals surface area contributed by atoms with Crippen molar-refractivity contribution in [3.8, 4) is 11.1 Å². The Hall–Kier alpha value is -3.91. The topological polar surface area (TPSA) is 116 Å². The Kier molecular flexibility index (Phi) is 9.37. The third-order valence-corrected chi connectivity index (χ3v) is 11.1. The van der Waals surface area contributed by atoms with Crippen molar-refractivity contribution >= 4 is 38.2 Å². The number of piperidine rings is 1. The summed E-state index contributed by atoms with van der Waals surface area (Å²) in [7, 11) is 2.29. The molecule has 0 unspecified atom stereocenters. The van der Waals surface area contributed by atoms with Crippen molar-refractivity contribution in [3.05, 3.63) is 70.9 Å². The molecule has 2 aliphatic heterocycles. The van der Waals surface area contributed by atoms with Gasteiger partial charge in [0.1, 0.15) is 11.5 Å². The first-order chi connectivity index (χ1) is 22.1. The normalized spacial score (nSPS) is 16.8. The zero-order chi connectivity index (χ0) is 32.4. The smallest absolute Gasteiger partial charge is 0.260 e. The number of hydrogen-bond donors (Lipinski definition) is 2. The molecule has 0 amide bonds. The van der Waals surface area contributed by atoms with Crippen LogP contribution in [0.15, 0.2) is 64.4 Å². The van der Waals surface area contributed by atoms with E-state index in [1.54, 1.807) is 53.2 Å². The second-order valence-corrected chi connectivity index (χ2v) is 14.6. The van der Waals surface area contributed by atoms with Crippen LogP contribution in [0.3, 0.4) is 0 Å². The van der Waals surface area contributed by atoms with Crippen molar-refractivity contribution < 1.29 is 12.8 Å². The van der Waals surface area contributed by atoms with Gasteiger partial charge in [-0.1, -0.05) is 12.1 Å². The minimum atomic E-state index is -3.56. The first-order valence-corrected chi connectivity index (χ1v) is 17.3. The van der Waals surface area contributed by atoms with Gasteiger partial charge in [-0.05, 0) is 89.0 Å². The highest BCUT2D eigenvalue weighted by Gasteiger charge is 2.30. The van der Waals surface area contributed by atoms with E-state index in [2.05, 4.69) is 20.5 Å². The lowest BCUT2D eigenvalue weighted by molar-refractivity contribution is 0.277. The quantitative estimate of drug-likeness (QED) is 0.281. The summed E-state index contributed by atoms with van der Waals surface area (Å²) in [6.07, 6.45) is 2.79. The van der Waals surface area contributed by atoms with Gasteiger partial charge in [-0.15, -0.1) is 0 Å². The van der Waals surface area contributed by atoms with E-state index < -0.39 is 15.1 Å². The second-order valence-electron chi connectivity index (χ2n) is 12.4. The molecule has 2 aromatic heterocycles. The number of rotatable bonds is 9. The SMILES string of the molecule is CN(C)CCn1c(=O)c(-c2cccc(S(=O)(=O)C3CCN(C)CC3)c2)cc2cnc(Nc3ccc(N4CCNCC4)c(F)c3)nc21. The Bertz CT molecular complexity index is 1880. The number of likely N-dealkylation sites (tertiary alicyclic amines) is 1. The van der Waals surface area contributed by atoms with Crippen LogP contribution in [0.4, 0.5) is 21.7 Å². The van der Waals surface area contributed by atoms with Crippen LogP contribution in [0.2, 0.25) is 0 Å². The van der Waals surface area contributed by atoms with Crippen LogP contribution in [0.25, 0.3) is 22.2 Å². The third kappa shape index (κ3) is 6.77. The van der Waals surface area contributed by atoms with Crippen molar-refractivity contribution in [1.82, 2.24) is 29.7 Å². The largest absolute Gasteiger partial charge is 0.367 e. The number of anilines is 3. The Morgan fingerprint density at radius 1 is 1.04 bits per heavy atom. The summed E-state index contributed by atoms with van der Waals surface area (Å²) in [6.45, 7) is 5.50. The van der Waals surface area contributed by atoms with Gasteiger partial charge in [0, 0.05) is 62.1 Å². The minimum Gasteiger partial charge on any atom is -0.367 e. The van der Waals surface area contributed by atoms with Crippen molar-refractivity contribution in [1.29, 1.82) is 0 Å². The Morgan fingerprint density at radius 2 is 1.80 bits per heavy atom. The molecule has 0 bridgehead atoms. The lowest BCUT2D eigenvalue weighted by Crippen LogP contribution is -2.43. The lowest BCUT2D eigenvalue weighted by Gasteiger charge is -2.29. The summed E-state index contributed by atoms with van der Waals surface area (Å²) in [4.78, 5) is 29.6. The van der Waals surface area contributed by atoms with E-state index in [0.717, 1.165) is 39.3 Å². The van der Waals surface area contributed by atoms with E-state index in [0.29, 0.717) is 59.5 Å². The highest BCUT2D eigenvalue weighted by atomic mass is 32.2. The summed E-state index contributed by atoms with van der Waals surface area (Å²) in [6, 6.07) is 13.4. The lowest BCUT2D eigenvalue weighted by atomic mass is 10.1. The molecule has 13 heteroatoms. The van der Waals surface area contributed by atoms with Crippen LogP contribution in [0, 0.1) is 5.82 Å². The molecule has 0 atom stereocenters. The average molecular weight is 649 g/mol. The van der Waals surface area contributed by atoms with Gasteiger partial charge in [0.05, 0.1) is 15.8 Å². The second kappa shape index (κ2) is 13.4. The number of aromatic nitrogens is 3. The fourth-order valence-corrected chi connectivity index (χ4v) is 7.91. The first-order valence-electron chi connectivity index (χ1n) is 15.7. The van der Waals surface area contributed by atoms with Gasteiger partial charge in [-0.3, -0.25) is 9.36 Å². The Morgan fingerprint density at radius 3 is 2.52 bits per heavy atom. The molecular weight excluding hydrogens is 607 g/mol. The maximum Gasteiger partial charge on any atom is 0.260 e. The maximum absolute atomic E-state index is 15.1. The fourth-order valence-electron chi connectivity index (χ4n) is 6.14. The van der Waals surface area contributed by atoms with Crippen molar-refractivity contribution in [2.45, 2.75) is 29.5 Å². The molecule has 0 aliphatic carbocycles. The number of sulfone groups is 1. The van der Waals surface area contributed by atoms with Crippen molar-refractivity contribution in [2.24, 2.45) is 0 Å². The number of likely N-dealkylation sites (N-methyl/N-ethyl adjacent to an activating group) is 1. The Balaban J connectivity index is 1.34. The monoisotopic (exact) mass is 648 g/mol. The molecule has 2 N–H and O–H groups in total. The van der Waals surface area contributed by atoms with Crippen LogP contribution in [0.1, 0.15) is 12.8 Å². The summed E-state index contributed by atoms with van der Waals surface area (Å²) >= 11 is 0. The molecule has 2 aromatic carbocycles. The molecule has 0 radical (unpaired) electrons. The minimum absolute atomic E-state index is 0.227. The molecule has 0 saturated carbocycles. The number of nitrogens with one attached hydrogen (secondary N) is 2. The van der Waals surface area contributed by atoms with E-state index in [1.165, 1.54) is 6.07 Å². The van der Waals surface area contributed by atoms with E-state index in [-0.39, 0.29) is 22.2 Å². The molecule has 4 aromatic rings. The van der Waals surface area contributed by atoms with E-state index in [1.807, 2.05) is 30.9 Å². The zero-order valence-electron chi connectivity index (χ0n) is 26.5. The van der Waals surface area contributed by atoms with Gasteiger partial charge in [0.25, 0.3) is 5.56 Å². The van der Waals surface area contributed by atoms with Crippen LogP contribution in [0.5, 0.6) is 0 Å². The van der Waals surface area contributed by atoms with Gasteiger partial charge in [-0.2, -0.15) is 4.98 Å². The van der Waals surface area contributed by atoms with Crippen molar-refractivity contribution in [2.75, 3.05) is 77.2 Å². The zero-order valence-corrected chi connectivity index (χ0v) is 27.4. The summed E-state index contributed by atoms with van der Waals surface area (Å²) in [5.74, 6) is -0.0981. The highest BCUT2D eigenvalue weighted by Crippen LogP contribution is 2.29. The number of hydrogen-bond acceptors (Lipinski definition) is 10. The summed E-state index contributed by atoms with van der Waals surface area (Å²) in [5, 5.41) is 6.55. The number of pyridine rings is 1. The number of nitrogens with zero attached hydrogens (tertiary/aromatic N) is 6. The van der Waals surface area contributed by atoms with E-state index in [9.17, 15) is 13.2 Å². The standard InChI is InChI=1S/C33H41FN8O3S/c1-39(2)17-18-42-31-24(22-36-33(38-31)37-25-7-8-30(29(34)21-25)41-15-11-35-12-16-41)20-28(32(42)43)23-5-4-6-27(19-23)46(44,45)26-9-13-40(3)14-10-26/h4-8,19-22,26,35H,9-18H2,1-3H3,(H,36,37,38). The molecule has 46 heavy (non-hydrogen) atoms. The first kappa shape index (κ1) is 32.0. The molecule has 2 saturated heterocycles. The van der Waals surface area contributed by atoms with E-state index in [4.69, 9.17) is 4.98 Å². The van der Waals surface area contributed by atoms with Gasteiger partial charge in [0.15, 0.2) is 9.84 Å². The molecule has 2 aliphatic rings. The van der Waals surface area contributed by atoms with Gasteiger partial charge in [0.2, 0.25) is 5.95 Å². The average Bonchev–Trinajstić information content (AvgIpc) is 3.05. The van der Waals surface area contributed by atoms with Crippen LogP contribution in [-0.4, -0.2) is 105 Å². The molecule has 0 spiro atoms. The Labute approximate surface area is 269 Å². The third-order valence-electron chi connectivity index (χ3n) is 8.84. The van der Waals surface area contributed by atoms with Crippen LogP contribution >= 0.6 is 0 Å². The van der Waals surface area contributed by atoms with Gasteiger partial charge >= 0.3 is 0 Å². The molecule has 244 valence electrons. The predicted octanol–water partition coefficient (Wildman–Crippen LogP) is 3.18. The number of fused-ring (bicyclic) bond motifs is 1. The van der Waals surface area contributed by atoms with Gasteiger partial charge < -0.3 is 25.3 Å². The number of halogens is 1. The molecule has 11 nitrogen and oxygen atoms in total. The van der Waals surface area contributed by atoms with Gasteiger partial charge in [-0.25, -0.2) is 17.8 Å².